The van der Waals surface area contributed by atoms with Crippen LogP contribution in [-0.2, 0) is 9.05 Å². The van der Waals surface area contributed by atoms with E-state index in [1.165, 1.54) is 19.3 Å². The van der Waals surface area contributed by atoms with Crippen LogP contribution in [0, 0.1) is 0 Å². The molecule has 32 heavy (non-hydrogen) atoms. The maximum atomic E-state index is 6.40. The van der Waals surface area contributed by atoms with E-state index in [1.54, 1.807) is 14.2 Å². The molecule has 3 rings (SSSR count). The molecule has 0 aromatic heterocycles. The molecule has 0 N–H and O–H groups in total. The Balaban J connectivity index is 2.11. The lowest BCUT2D eigenvalue weighted by Gasteiger charge is -2.39. The molecule has 0 amide bonds. The summed E-state index contributed by atoms with van der Waals surface area (Å²) in [6.07, 6.45) is 9.62. The van der Waals surface area contributed by atoms with Gasteiger partial charge in [0, 0.05) is 17.2 Å². The first kappa shape index (κ1) is 24.6. The monoisotopic (exact) mass is 457 g/mol. The quantitative estimate of drug-likeness (QED) is 0.410. The van der Waals surface area contributed by atoms with Gasteiger partial charge < -0.3 is 18.5 Å². The largest absolute Gasteiger partial charge is 0.496 e. The van der Waals surface area contributed by atoms with E-state index < -0.39 is 8.53 Å². The average molecular weight is 458 g/mol. The van der Waals surface area contributed by atoms with Gasteiger partial charge in [0.2, 0.25) is 0 Å². The van der Waals surface area contributed by atoms with Crippen molar-refractivity contribution in [3.63, 3.8) is 0 Å². The van der Waals surface area contributed by atoms with Crippen molar-refractivity contribution < 1.29 is 18.5 Å². The molecule has 1 heterocycles. The van der Waals surface area contributed by atoms with Gasteiger partial charge >= 0.3 is 8.53 Å². The van der Waals surface area contributed by atoms with Gasteiger partial charge in [-0.3, -0.25) is 0 Å². The number of para-hydroxylation sites is 2. The summed E-state index contributed by atoms with van der Waals surface area (Å²) < 4.78 is 26.6. The van der Waals surface area contributed by atoms with Gasteiger partial charge in [-0.05, 0) is 51.3 Å². The summed E-state index contributed by atoms with van der Waals surface area (Å²) in [6, 6.07) is 16.3. The maximum Gasteiger partial charge on any atom is 0.321 e. The zero-order valence-electron chi connectivity index (χ0n) is 19.7. The summed E-state index contributed by atoms with van der Waals surface area (Å²) in [5.74, 6) is 1.66. The van der Waals surface area contributed by atoms with E-state index >= 15 is 0 Å². The predicted molar refractivity (Wildman–Crippen MR) is 131 cm³/mol. The minimum Gasteiger partial charge on any atom is -0.496 e. The van der Waals surface area contributed by atoms with E-state index in [9.17, 15) is 0 Å². The average Bonchev–Trinajstić information content (AvgIpc) is 2.88. The number of hydrogen-bond donors (Lipinski definition) is 0. The van der Waals surface area contributed by atoms with E-state index in [-0.39, 0.29) is 12.1 Å². The van der Waals surface area contributed by atoms with Crippen LogP contribution in [0.15, 0.2) is 60.9 Å². The van der Waals surface area contributed by atoms with E-state index in [0.717, 1.165) is 35.5 Å². The number of methoxy groups -OCH3 is 2. The highest BCUT2D eigenvalue weighted by Gasteiger charge is 2.37. The van der Waals surface area contributed by atoms with Crippen molar-refractivity contribution in [2.24, 2.45) is 0 Å². The van der Waals surface area contributed by atoms with Gasteiger partial charge in [0.15, 0.2) is 0 Å². The SMILES string of the molecule is COc1ccccc1C(c1ccccc1OC)N(C(C)C)P1O/C=C\CCCCCCO1. The van der Waals surface area contributed by atoms with Crippen LogP contribution in [0.3, 0.4) is 0 Å². The molecule has 1 aliphatic rings. The Bertz CT molecular complexity index is 810. The minimum absolute atomic E-state index is 0.152. The fourth-order valence-electron chi connectivity index (χ4n) is 3.99. The van der Waals surface area contributed by atoms with Crippen molar-refractivity contribution in [1.82, 2.24) is 4.67 Å². The number of ether oxygens (including phenoxy) is 2. The lowest BCUT2D eigenvalue weighted by atomic mass is 9.96. The van der Waals surface area contributed by atoms with Crippen LogP contribution in [0.5, 0.6) is 11.5 Å². The van der Waals surface area contributed by atoms with Gasteiger partial charge in [0.05, 0.1) is 33.1 Å². The maximum absolute atomic E-state index is 6.40. The van der Waals surface area contributed by atoms with Crippen molar-refractivity contribution in [2.45, 2.75) is 58.0 Å². The summed E-state index contributed by atoms with van der Waals surface area (Å²) in [5, 5.41) is 0. The van der Waals surface area contributed by atoms with E-state index in [1.807, 2.05) is 42.7 Å². The molecular formula is C26H36NO4P. The summed E-state index contributed by atoms with van der Waals surface area (Å²) in [6.45, 7) is 5.05. The second kappa shape index (κ2) is 12.8. The van der Waals surface area contributed by atoms with Gasteiger partial charge in [0.1, 0.15) is 11.5 Å². The molecule has 0 radical (unpaired) electrons. The number of allylic oxidation sites excluding steroid dienone is 1. The van der Waals surface area contributed by atoms with Crippen molar-refractivity contribution in [3.8, 4) is 11.5 Å². The fraction of sp³-hybridized carbons (Fsp3) is 0.462. The van der Waals surface area contributed by atoms with Crippen molar-refractivity contribution in [1.29, 1.82) is 0 Å². The van der Waals surface area contributed by atoms with Gasteiger partial charge in [-0.1, -0.05) is 49.2 Å². The molecule has 0 fully saturated rings. The Morgan fingerprint density at radius 1 is 0.844 bits per heavy atom. The van der Waals surface area contributed by atoms with Gasteiger partial charge in [0.25, 0.3) is 0 Å². The molecule has 5 nitrogen and oxygen atoms in total. The molecule has 1 unspecified atom stereocenters. The van der Waals surface area contributed by atoms with E-state index in [2.05, 4.69) is 36.7 Å². The van der Waals surface area contributed by atoms with Crippen LogP contribution >= 0.6 is 8.53 Å². The normalized spacial score (nSPS) is 18.8. The number of nitrogens with zero attached hydrogens (tertiary/aromatic N) is 1. The minimum atomic E-state index is -1.34. The third-order valence-corrected chi connectivity index (χ3v) is 7.34. The summed E-state index contributed by atoms with van der Waals surface area (Å²) in [5.41, 5.74) is 2.11. The van der Waals surface area contributed by atoms with Crippen LogP contribution in [0.1, 0.15) is 63.1 Å². The van der Waals surface area contributed by atoms with Crippen LogP contribution in [0.25, 0.3) is 0 Å². The Labute approximate surface area is 194 Å². The van der Waals surface area contributed by atoms with Crippen molar-refractivity contribution in [3.05, 3.63) is 72.0 Å². The zero-order valence-corrected chi connectivity index (χ0v) is 20.6. The molecule has 1 atom stereocenters. The predicted octanol–water partition coefficient (Wildman–Crippen LogP) is 7.24. The molecule has 6 heteroatoms. The van der Waals surface area contributed by atoms with Crippen molar-refractivity contribution >= 4 is 8.53 Å². The lowest BCUT2D eigenvalue weighted by Crippen LogP contribution is -2.33. The second-order valence-electron chi connectivity index (χ2n) is 8.11. The first-order chi connectivity index (χ1) is 15.7. The molecule has 0 aliphatic carbocycles. The zero-order chi connectivity index (χ0) is 22.8. The summed E-state index contributed by atoms with van der Waals surface area (Å²) in [4.78, 5) is 0. The Hall–Kier alpha value is -2.07. The van der Waals surface area contributed by atoms with Crippen LogP contribution < -0.4 is 9.47 Å². The topological polar surface area (TPSA) is 40.2 Å². The molecule has 2 aromatic rings. The molecule has 0 saturated heterocycles. The highest BCUT2D eigenvalue weighted by molar-refractivity contribution is 7.44. The first-order valence-corrected chi connectivity index (χ1v) is 12.6. The lowest BCUT2D eigenvalue weighted by molar-refractivity contribution is 0.201. The smallest absolute Gasteiger partial charge is 0.321 e. The molecule has 0 saturated carbocycles. The third-order valence-electron chi connectivity index (χ3n) is 5.56. The Morgan fingerprint density at radius 3 is 2.03 bits per heavy atom. The molecule has 174 valence electrons. The fourth-order valence-corrected chi connectivity index (χ4v) is 5.59. The summed E-state index contributed by atoms with van der Waals surface area (Å²) in [7, 11) is 2.08. The third kappa shape index (κ3) is 6.25. The van der Waals surface area contributed by atoms with Crippen LogP contribution in [0.4, 0.5) is 0 Å². The number of hydrogen-bond acceptors (Lipinski definition) is 5. The Kier molecular flexibility index (Phi) is 9.86. The molecule has 1 aliphatic heterocycles. The van der Waals surface area contributed by atoms with E-state index in [4.69, 9.17) is 18.5 Å². The summed E-state index contributed by atoms with van der Waals surface area (Å²) >= 11 is 0. The molecule has 2 aromatic carbocycles. The van der Waals surface area contributed by atoms with Crippen molar-refractivity contribution in [2.75, 3.05) is 20.8 Å². The number of rotatable bonds is 7. The molecule has 0 bridgehead atoms. The molecule has 0 spiro atoms. The highest BCUT2D eigenvalue weighted by atomic mass is 31.2. The van der Waals surface area contributed by atoms with E-state index in [0.29, 0.717) is 6.61 Å². The highest BCUT2D eigenvalue weighted by Crippen LogP contribution is 2.54. The first-order valence-electron chi connectivity index (χ1n) is 11.5. The molecular weight excluding hydrogens is 421 g/mol. The van der Waals surface area contributed by atoms with Crippen LogP contribution in [0.2, 0.25) is 0 Å². The van der Waals surface area contributed by atoms with Gasteiger partial charge in [-0.15, -0.1) is 0 Å². The Morgan fingerprint density at radius 2 is 1.44 bits per heavy atom. The van der Waals surface area contributed by atoms with Gasteiger partial charge in [-0.25, -0.2) is 4.67 Å². The van der Waals surface area contributed by atoms with Crippen LogP contribution in [-0.4, -0.2) is 31.5 Å². The standard InChI is InChI=1S/C26H36NO4P/c1-21(2)27(32-30-19-13-7-5-6-8-14-20-31-32)26(22-15-9-11-17-24(22)28-3)23-16-10-12-18-25(23)29-4/h9-13,15-19,21,26H,5-8,14,20H2,1-4H3/b19-13-. The second-order valence-corrected chi connectivity index (χ2v) is 9.52. The number of benzene rings is 2. The van der Waals surface area contributed by atoms with Gasteiger partial charge in [-0.2, -0.15) is 0 Å².